The quantitative estimate of drug-likeness (QED) is 0.815. The summed E-state index contributed by atoms with van der Waals surface area (Å²) in [6, 6.07) is 0.362. The van der Waals surface area contributed by atoms with E-state index >= 15 is 0 Å². The predicted molar refractivity (Wildman–Crippen MR) is 104 cm³/mol. The zero-order valence-electron chi connectivity index (χ0n) is 16.1. The van der Waals surface area contributed by atoms with Crippen molar-refractivity contribution in [1.82, 2.24) is 9.78 Å². The van der Waals surface area contributed by atoms with Crippen molar-refractivity contribution in [3.63, 3.8) is 0 Å². The third kappa shape index (κ3) is 2.95. The molecule has 0 saturated heterocycles. The van der Waals surface area contributed by atoms with Crippen molar-refractivity contribution < 1.29 is 9.90 Å². The summed E-state index contributed by atoms with van der Waals surface area (Å²) in [5, 5.41) is 19.6. The van der Waals surface area contributed by atoms with Gasteiger partial charge in [0.1, 0.15) is 5.02 Å². The normalized spacial score (nSPS) is 36.8. The number of nitrogens with zero attached hydrogens (tertiary/aromatic N) is 2. The van der Waals surface area contributed by atoms with E-state index in [-0.39, 0.29) is 22.4 Å². The third-order valence-corrected chi connectivity index (χ3v) is 8.12. The molecule has 0 spiro atoms. The largest absolute Gasteiger partial charge is 0.550 e. The molecule has 5 saturated carbocycles. The van der Waals surface area contributed by atoms with E-state index in [1.807, 2.05) is 0 Å². The van der Waals surface area contributed by atoms with Crippen LogP contribution in [0.15, 0.2) is 11.0 Å². The molecule has 28 heavy (non-hydrogen) atoms. The molecule has 6 rings (SSSR count). The second kappa shape index (κ2) is 6.48. The van der Waals surface area contributed by atoms with Crippen LogP contribution in [0.3, 0.4) is 0 Å². The average molecular weight is 405 g/mol. The van der Waals surface area contributed by atoms with E-state index in [1.165, 1.54) is 12.8 Å². The van der Waals surface area contributed by atoms with Crippen molar-refractivity contribution in [2.24, 2.45) is 17.3 Å². The molecule has 1 heterocycles. The number of aliphatic carboxylic acids is 1. The van der Waals surface area contributed by atoms with Crippen molar-refractivity contribution in [3.05, 3.63) is 21.6 Å². The summed E-state index contributed by atoms with van der Waals surface area (Å²) in [5.41, 5.74) is -0.261. The molecule has 152 valence electrons. The van der Waals surface area contributed by atoms with Gasteiger partial charge in [-0.15, -0.1) is 0 Å². The van der Waals surface area contributed by atoms with Crippen LogP contribution in [0.1, 0.15) is 70.6 Å². The highest BCUT2D eigenvalue weighted by atomic mass is 35.5. The maximum atomic E-state index is 13.2. The molecule has 0 aromatic carbocycles. The molecule has 4 atom stereocenters. The topological polar surface area (TPSA) is 87.0 Å². The molecule has 0 radical (unpaired) electrons. The average Bonchev–Trinajstić information content (AvgIpc) is 3.09. The number of halogens is 1. The molecule has 0 amide bonds. The summed E-state index contributed by atoms with van der Waals surface area (Å²) in [5.74, 6) is -0.0553. The first-order chi connectivity index (χ1) is 13.4. The summed E-state index contributed by atoms with van der Waals surface area (Å²) < 4.78 is 1.61. The van der Waals surface area contributed by atoms with Crippen molar-refractivity contribution in [2.75, 3.05) is 5.32 Å². The number of carbonyl (C=O) groups is 1. The highest BCUT2D eigenvalue weighted by Crippen LogP contribution is 2.64. The lowest BCUT2D eigenvalue weighted by atomic mass is 9.46. The Balaban J connectivity index is 1.49. The molecular weight excluding hydrogens is 378 g/mol. The zero-order chi connectivity index (χ0) is 19.5. The Morgan fingerprint density at radius 1 is 1.25 bits per heavy atom. The Morgan fingerprint density at radius 2 is 1.93 bits per heavy atom. The summed E-state index contributed by atoms with van der Waals surface area (Å²) in [6.07, 6.45) is 11.9. The first-order valence-electron chi connectivity index (χ1n) is 10.6. The van der Waals surface area contributed by atoms with E-state index in [0.717, 1.165) is 44.9 Å². The second-order valence-electron chi connectivity index (χ2n) is 9.95. The van der Waals surface area contributed by atoms with Gasteiger partial charge in [0, 0.05) is 12.0 Å². The lowest BCUT2D eigenvalue weighted by Crippen LogP contribution is -2.60. The standard InChI is InChI=1S/C21H28ClN3O3/c22-18-16(24-15-3-1-2-4-15)11-23-25(19(18)28)21-8-13-5-14(9-21)7-20(6-13,12-21)10-17(26)27/h11,13-15,24H,1-10,12H2,(H,26,27)/p-1/t13-,14+,20?,21?. The van der Waals surface area contributed by atoms with Gasteiger partial charge in [-0.25, -0.2) is 4.68 Å². The number of carboxylic acid groups (broad SMARTS) is 1. The molecule has 1 N–H and O–H groups in total. The lowest BCUT2D eigenvalue weighted by Gasteiger charge is -2.62. The van der Waals surface area contributed by atoms with E-state index in [4.69, 9.17) is 11.6 Å². The smallest absolute Gasteiger partial charge is 0.288 e. The number of rotatable bonds is 5. The molecular formula is C21H27ClN3O3-. The molecule has 5 aliphatic rings. The number of aromatic nitrogens is 2. The Hall–Kier alpha value is -1.56. The molecule has 6 nitrogen and oxygen atoms in total. The van der Waals surface area contributed by atoms with Crippen LogP contribution in [0, 0.1) is 17.3 Å². The van der Waals surface area contributed by atoms with Crippen molar-refractivity contribution in [3.8, 4) is 0 Å². The minimum absolute atomic E-state index is 0.0888. The van der Waals surface area contributed by atoms with Gasteiger partial charge in [0.2, 0.25) is 0 Å². The second-order valence-corrected chi connectivity index (χ2v) is 10.3. The van der Waals surface area contributed by atoms with Gasteiger partial charge >= 0.3 is 0 Å². The Labute approximate surface area is 169 Å². The molecule has 7 heteroatoms. The monoisotopic (exact) mass is 404 g/mol. The number of hydrogen-bond acceptors (Lipinski definition) is 5. The van der Waals surface area contributed by atoms with Crippen LogP contribution in [-0.2, 0) is 10.3 Å². The summed E-state index contributed by atoms with van der Waals surface area (Å²) in [6.45, 7) is 0. The molecule has 4 bridgehead atoms. The van der Waals surface area contributed by atoms with Crippen molar-refractivity contribution >= 4 is 23.3 Å². The molecule has 5 aliphatic carbocycles. The van der Waals surface area contributed by atoms with E-state index < -0.39 is 11.5 Å². The summed E-state index contributed by atoms with van der Waals surface area (Å²) >= 11 is 6.50. The zero-order valence-corrected chi connectivity index (χ0v) is 16.8. The fraction of sp³-hybridized carbons (Fsp3) is 0.762. The summed E-state index contributed by atoms with van der Waals surface area (Å²) in [4.78, 5) is 24.6. The highest BCUT2D eigenvalue weighted by molar-refractivity contribution is 6.32. The Kier molecular flexibility index (Phi) is 4.27. The number of hydrogen-bond donors (Lipinski definition) is 1. The van der Waals surface area contributed by atoms with Crippen LogP contribution in [-0.4, -0.2) is 21.8 Å². The SMILES string of the molecule is O=C([O-])CC12C[C@H]3C[C@@H](C1)CC(n1ncc(NC4CCCC4)c(Cl)c1=O)(C3)C2. The minimum Gasteiger partial charge on any atom is -0.550 e. The van der Waals surface area contributed by atoms with Crippen LogP contribution in [0.4, 0.5) is 5.69 Å². The van der Waals surface area contributed by atoms with Gasteiger partial charge in [-0.3, -0.25) is 4.79 Å². The first kappa shape index (κ1) is 18.5. The van der Waals surface area contributed by atoms with E-state index in [1.54, 1.807) is 10.9 Å². The molecule has 1 aromatic heterocycles. The first-order valence-corrected chi connectivity index (χ1v) is 11.0. The molecule has 5 fully saturated rings. The van der Waals surface area contributed by atoms with Gasteiger partial charge < -0.3 is 15.2 Å². The third-order valence-electron chi connectivity index (χ3n) is 7.75. The fourth-order valence-corrected chi connectivity index (χ4v) is 7.51. The van der Waals surface area contributed by atoms with E-state index in [0.29, 0.717) is 30.0 Å². The molecule has 2 unspecified atom stereocenters. The number of anilines is 1. The number of nitrogens with one attached hydrogen (secondary N) is 1. The molecule has 0 aliphatic heterocycles. The molecule has 1 aromatic rings. The van der Waals surface area contributed by atoms with Crippen LogP contribution >= 0.6 is 11.6 Å². The van der Waals surface area contributed by atoms with Gasteiger partial charge in [0.15, 0.2) is 0 Å². The number of carboxylic acids is 1. The highest BCUT2D eigenvalue weighted by Gasteiger charge is 2.59. The van der Waals surface area contributed by atoms with Crippen LogP contribution in [0.5, 0.6) is 0 Å². The maximum absolute atomic E-state index is 13.2. The van der Waals surface area contributed by atoms with Crippen molar-refractivity contribution in [2.45, 2.75) is 82.2 Å². The fourth-order valence-electron chi connectivity index (χ4n) is 7.32. The van der Waals surface area contributed by atoms with Gasteiger partial charge in [-0.05, 0) is 75.0 Å². The Morgan fingerprint density at radius 3 is 2.57 bits per heavy atom. The lowest BCUT2D eigenvalue weighted by molar-refractivity contribution is -0.310. The van der Waals surface area contributed by atoms with E-state index in [2.05, 4.69) is 10.4 Å². The van der Waals surface area contributed by atoms with E-state index in [9.17, 15) is 14.7 Å². The van der Waals surface area contributed by atoms with Crippen LogP contribution in [0.25, 0.3) is 0 Å². The van der Waals surface area contributed by atoms with Crippen LogP contribution in [0.2, 0.25) is 5.02 Å². The minimum atomic E-state index is -0.980. The van der Waals surface area contributed by atoms with Crippen LogP contribution < -0.4 is 16.0 Å². The maximum Gasteiger partial charge on any atom is 0.288 e. The Bertz CT molecular complexity index is 847. The summed E-state index contributed by atoms with van der Waals surface area (Å²) in [7, 11) is 0. The van der Waals surface area contributed by atoms with Gasteiger partial charge in [0.25, 0.3) is 5.56 Å². The van der Waals surface area contributed by atoms with Gasteiger partial charge in [-0.2, -0.15) is 5.10 Å². The van der Waals surface area contributed by atoms with Crippen molar-refractivity contribution in [1.29, 1.82) is 0 Å². The number of carbonyl (C=O) groups excluding carboxylic acids is 1. The van der Waals surface area contributed by atoms with Gasteiger partial charge in [0.05, 0.1) is 17.4 Å². The predicted octanol–water partition coefficient (Wildman–Crippen LogP) is 2.69. The van der Waals surface area contributed by atoms with Gasteiger partial charge in [-0.1, -0.05) is 24.4 Å².